The van der Waals surface area contributed by atoms with Crippen LogP contribution in [0.2, 0.25) is 0 Å². The fraction of sp³-hybridized carbons (Fsp3) is 0.0833. The average molecular weight is 417 g/mol. The average Bonchev–Trinajstić information content (AvgIpc) is 3.33. The molecule has 2 unspecified atom stereocenters. The molecule has 5 rings (SSSR count). The Bertz CT molecular complexity index is 1010. The summed E-state index contributed by atoms with van der Waals surface area (Å²) in [6, 6.07) is 28.8. The van der Waals surface area contributed by atoms with E-state index in [4.69, 9.17) is 0 Å². The second-order valence-electron chi connectivity index (χ2n) is 6.91. The first-order chi connectivity index (χ1) is 12.8. The standard InChI is InChI=1S/C24H19PSe/c26-25(20-10-2-1-3-11-20,23-16-14-18-8-4-6-12-21(18)23)24-17-15-19-9-5-7-13-22(19)24/h1-17,23-24H. The van der Waals surface area contributed by atoms with Gasteiger partial charge in [0.15, 0.2) is 0 Å². The Morgan fingerprint density at radius 1 is 0.577 bits per heavy atom. The molecule has 26 heavy (non-hydrogen) atoms. The zero-order chi connectivity index (χ0) is 17.6. The number of hydrogen-bond donors (Lipinski definition) is 0. The van der Waals surface area contributed by atoms with E-state index in [1.54, 1.807) is 0 Å². The van der Waals surface area contributed by atoms with E-state index in [0.29, 0.717) is 11.3 Å². The molecule has 0 bridgehead atoms. The van der Waals surface area contributed by atoms with E-state index < -0.39 is 5.51 Å². The molecular weight excluding hydrogens is 398 g/mol. The van der Waals surface area contributed by atoms with E-state index in [-0.39, 0.29) is 0 Å². The molecule has 2 atom stereocenters. The molecule has 0 saturated heterocycles. The SMILES string of the molecule is [Se]=P(c1ccccc1)(C1C=Cc2ccccc21)C1C=Cc2ccccc21. The van der Waals surface area contributed by atoms with Gasteiger partial charge in [-0.15, -0.1) is 0 Å². The number of fused-ring (bicyclic) bond motifs is 2. The van der Waals surface area contributed by atoms with Gasteiger partial charge in [-0.05, 0) is 0 Å². The van der Waals surface area contributed by atoms with Crippen molar-refractivity contribution < 1.29 is 0 Å². The van der Waals surface area contributed by atoms with E-state index in [2.05, 4.69) is 118 Å². The van der Waals surface area contributed by atoms with Gasteiger partial charge in [-0.1, -0.05) is 0 Å². The minimum atomic E-state index is -1.68. The van der Waals surface area contributed by atoms with Crippen molar-refractivity contribution in [2.75, 3.05) is 0 Å². The molecule has 3 aromatic rings. The van der Waals surface area contributed by atoms with Gasteiger partial charge in [0.1, 0.15) is 0 Å². The van der Waals surface area contributed by atoms with Gasteiger partial charge in [0, 0.05) is 0 Å². The minimum absolute atomic E-state index is 0.418. The molecule has 0 aromatic heterocycles. The van der Waals surface area contributed by atoms with Crippen LogP contribution in [0.3, 0.4) is 0 Å². The van der Waals surface area contributed by atoms with E-state index in [0.717, 1.165) is 0 Å². The van der Waals surface area contributed by atoms with Gasteiger partial charge >= 0.3 is 163 Å². The Labute approximate surface area is 162 Å². The Kier molecular flexibility index (Phi) is 3.98. The molecule has 0 heterocycles. The fourth-order valence-corrected chi connectivity index (χ4v) is 11.0. The van der Waals surface area contributed by atoms with Gasteiger partial charge < -0.3 is 0 Å². The fourth-order valence-electron chi connectivity index (χ4n) is 4.29. The van der Waals surface area contributed by atoms with E-state index in [9.17, 15) is 0 Å². The summed E-state index contributed by atoms with van der Waals surface area (Å²) < 4.78 is 0. The van der Waals surface area contributed by atoms with Crippen LogP contribution in [-0.2, 0) is 0 Å². The molecule has 0 aliphatic heterocycles. The van der Waals surface area contributed by atoms with Crippen LogP contribution in [0.15, 0.2) is 91.0 Å². The van der Waals surface area contributed by atoms with Crippen LogP contribution in [-0.4, -0.2) is 15.1 Å². The van der Waals surface area contributed by atoms with Crippen LogP contribution in [0.5, 0.6) is 0 Å². The Hall–Kier alpha value is -1.91. The molecular formula is C24H19PSe. The van der Waals surface area contributed by atoms with Crippen LogP contribution in [0.25, 0.3) is 12.2 Å². The van der Waals surface area contributed by atoms with Crippen LogP contribution in [0.1, 0.15) is 33.6 Å². The molecule has 0 fully saturated rings. The third kappa shape index (κ3) is 2.39. The normalized spacial score (nSPS) is 22.0. The first kappa shape index (κ1) is 16.3. The Balaban J connectivity index is 1.74. The predicted molar refractivity (Wildman–Crippen MR) is 115 cm³/mol. The molecule has 0 amide bonds. The molecule has 126 valence electrons. The summed E-state index contributed by atoms with van der Waals surface area (Å²) in [7, 11) is 0. The number of rotatable bonds is 3. The van der Waals surface area contributed by atoms with Crippen molar-refractivity contribution in [3.05, 3.63) is 113 Å². The molecule has 0 saturated carbocycles. The molecule has 3 aromatic carbocycles. The summed E-state index contributed by atoms with van der Waals surface area (Å²) in [5, 5.41) is 1.46. The molecule has 0 N–H and O–H groups in total. The van der Waals surface area contributed by atoms with Crippen LogP contribution < -0.4 is 5.30 Å². The van der Waals surface area contributed by atoms with E-state index >= 15 is 0 Å². The van der Waals surface area contributed by atoms with Crippen molar-refractivity contribution in [1.82, 2.24) is 0 Å². The van der Waals surface area contributed by atoms with Crippen LogP contribution >= 0.6 is 5.51 Å². The van der Waals surface area contributed by atoms with Gasteiger partial charge in [-0.2, -0.15) is 0 Å². The monoisotopic (exact) mass is 418 g/mol. The summed E-state index contributed by atoms with van der Waals surface area (Å²) in [6.07, 6.45) is 9.46. The first-order valence-electron chi connectivity index (χ1n) is 8.98. The van der Waals surface area contributed by atoms with Gasteiger partial charge in [0.2, 0.25) is 0 Å². The predicted octanol–water partition coefficient (Wildman–Crippen LogP) is 5.95. The van der Waals surface area contributed by atoms with Crippen LogP contribution in [0, 0.1) is 0 Å². The topological polar surface area (TPSA) is 0 Å². The number of allylic oxidation sites excluding steroid dienone is 2. The first-order valence-corrected chi connectivity index (χ1v) is 13.1. The molecule has 2 aliphatic rings. The summed E-state index contributed by atoms with van der Waals surface area (Å²) in [4.78, 5) is 0. The second-order valence-corrected chi connectivity index (χ2v) is 13.8. The Morgan fingerprint density at radius 3 is 1.58 bits per heavy atom. The summed E-state index contributed by atoms with van der Waals surface area (Å²) >= 11 is 3.78. The van der Waals surface area contributed by atoms with Crippen molar-refractivity contribution in [2.24, 2.45) is 0 Å². The Morgan fingerprint density at radius 2 is 1.04 bits per heavy atom. The second kappa shape index (κ2) is 6.36. The van der Waals surface area contributed by atoms with Crippen molar-refractivity contribution in [2.45, 2.75) is 11.3 Å². The van der Waals surface area contributed by atoms with Gasteiger partial charge in [-0.25, -0.2) is 0 Å². The zero-order valence-electron chi connectivity index (χ0n) is 14.3. The van der Waals surface area contributed by atoms with Crippen molar-refractivity contribution in [3.8, 4) is 0 Å². The molecule has 0 nitrogen and oxygen atoms in total. The van der Waals surface area contributed by atoms with Crippen LogP contribution in [0.4, 0.5) is 0 Å². The molecule has 0 spiro atoms. The summed E-state index contributed by atoms with van der Waals surface area (Å²) in [6.45, 7) is 0. The van der Waals surface area contributed by atoms with E-state index in [1.807, 2.05) is 0 Å². The molecule has 0 radical (unpaired) electrons. The molecule has 2 aliphatic carbocycles. The summed E-state index contributed by atoms with van der Waals surface area (Å²) in [5.41, 5.74) is 4.80. The van der Waals surface area contributed by atoms with Crippen molar-refractivity contribution in [3.63, 3.8) is 0 Å². The third-order valence-electron chi connectivity index (χ3n) is 5.53. The van der Waals surface area contributed by atoms with Crippen molar-refractivity contribution in [1.29, 1.82) is 0 Å². The quantitative estimate of drug-likeness (QED) is 0.365. The maximum absolute atomic E-state index is 3.78. The molecule has 2 heteroatoms. The van der Waals surface area contributed by atoms with E-state index in [1.165, 1.54) is 27.6 Å². The zero-order valence-corrected chi connectivity index (χ0v) is 16.9. The summed E-state index contributed by atoms with van der Waals surface area (Å²) in [5.74, 6) is 0. The number of benzene rings is 3. The van der Waals surface area contributed by atoms with Gasteiger partial charge in [0.25, 0.3) is 0 Å². The maximum atomic E-state index is 3.78. The van der Waals surface area contributed by atoms with Gasteiger partial charge in [0.05, 0.1) is 0 Å². The number of hydrogen-bond acceptors (Lipinski definition) is 0. The van der Waals surface area contributed by atoms with Gasteiger partial charge in [-0.3, -0.25) is 0 Å². The third-order valence-corrected chi connectivity index (χ3v) is 13.4. The van der Waals surface area contributed by atoms with Crippen molar-refractivity contribution >= 4 is 38.1 Å².